The van der Waals surface area contributed by atoms with E-state index in [4.69, 9.17) is 9.47 Å². The minimum absolute atomic E-state index is 0.00698. The smallest absolute Gasteiger partial charge is 0.407 e. The van der Waals surface area contributed by atoms with Gasteiger partial charge in [0.2, 0.25) is 11.8 Å². The number of rotatable bonds is 12. The summed E-state index contributed by atoms with van der Waals surface area (Å²) in [5.41, 5.74) is 5.83. The lowest BCUT2D eigenvalue weighted by atomic mass is 9.91. The Kier molecular flexibility index (Phi) is 11.8. The van der Waals surface area contributed by atoms with Crippen molar-refractivity contribution in [3.8, 4) is 33.6 Å². The van der Waals surface area contributed by atoms with Crippen LogP contribution in [0.15, 0.2) is 60.9 Å². The number of ether oxygens (including phenoxy) is 2. The molecule has 2 aliphatic heterocycles. The number of imidazole rings is 2. The monoisotopic (exact) mass is 737 g/mol. The van der Waals surface area contributed by atoms with Crippen molar-refractivity contribution in [1.82, 2.24) is 35.1 Å². The average molecular weight is 738 g/mol. The SMILES string of the molecule is COC(=O)C[C@H](C(=O)N1CCC[C@H]1c1ncc(-c2ccc(-c3ccc(-c4cnc([C@@H]5CCCN5C(=O)[C@@H](NC(=O)OC)C(C)C)[nH]4)cc3)cc2)[nH]1)C(C)C. The van der Waals surface area contributed by atoms with Crippen molar-refractivity contribution in [2.75, 3.05) is 27.3 Å². The summed E-state index contributed by atoms with van der Waals surface area (Å²) in [6, 6.07) is 15.5. The number of aromatic amines is 2. The van der Waals surface area contributed by atoms with Gasteiger partial charge in [0, 0.05) is 13.1 Å². The number of carbonyl (C=O) groups is 4. The summed E-state index contributed by atoms with van der Waals surface area (Å²) in [5.74, 6) is 0.400. The maximum atomic E-state index is 13.6. The summed E-state index contributed by atoms with van der Waals surface area (Å²) >= 11 is 0. The predicted molar refractivity (Wildman–Crippen MR) is 204 cm³/mol. The number of alkyl carbamates (subject to hydrolysis) is 1. The van der Waals surface area contributed by atoms with Crippen LogP contribution in [-0.4, -0.2) is 87.0 Å². The topological polar surface area (TPSA) is 163 Å². The molecular weight excluding hydrogens is 686 g/mol. The molecule has 0 unspecified atom stereocenters. The van der Waals surface area contributed by atoms with Gasteiger partial charge in [0.15, 0.2) is 0 Å². The lowest BCUT2D eigenvalue weighted by molar-refractivity contribution is -0.148. The number of amides is 3. The fourth-order valence-corrected chi connectivity index (χ4v) is 7.58. The number of hydrogen-bond donors (Lipinski definition) is 3. The van der Waals surface area contributed by atoms with E-state index in [-0.39, 0.29) is 48.1 Å². The van der Waals surface area contributed by atoms with E-state index in [2.05, 4.69) is 73.8 Å². The molecule has 0 radical (unpaired) electrons. The molecule has 0 saturated carbocycles. The van der Waals surface area contributed by atoms with E-state index < -0.39 is 18.1 Å². The Hall–Kier alpha value is -5.46. The Labute approximate surface area is 316 Å². The molecule has 2 aromatic heterocycles. The zero-order valence-electron chi connectivity index (χ0n) is 31.9. The number of nitrogens with one attached hydrogen (secondary N) is 3. The van der Waals surface area contributed by atoms with Gasteiger partial charge in [-0.1, -0.05) is 76.2 Å². The summed E-state index contributed by atoms with van der Waals surface area (Å²) in [7, 11) is 2.64. The van der Waals surface area contributed by atoms with Crippen LogP contribution in [0, 0.1) is 17.8 Å². The van der Waals surface area contributed by atoms with Crippen LogP contribution in [0.2, 0.25) is 0 Å². The molecule has 0 aliphatic carbocycles. The highest BCUT2D eigenvalue weighted by Crippen LogP contribution is 2.36. The summed E-state index contributed by atoms with van der Waals surface area (Å²) < 4.78 is 9.61. The molecule has 2 aromatic carbocycles. The van der Waals surface area contributed by atoms with Gasteiger partial charge in [-0.2, -0.15) is 0 Å². The largest absolute Gasteiger partial charge is 0.469 e. The molecule has 2 saturated heterocycles. The van der Waals surface area contributed by atoms with Crippen molar-refractivity contribution in [3.05, 3.63) is 72.6 Å². The standard InChI is InChI=1S/C41H51N7O6/c1-24(2)30(21-35(49)53-5)39(50)47-19-7-9-33(47)37-42-22-31(44-37)28-15-11-26(12-16-28)27-13-17-29(18-14-27)32-23-43-38(45-32)34-10-8-20-48(34)40(51)36(25(3)4)46-41(52)54-6/h11-18,22-25,30,33-34,36H,7-10,19-21H2,1-6H3,(H,42,44)(H,43,45)(H,46,52)/t30-,33-,34-,36-/m0/s1. The normalized spacial score (nSPS) is 18.2. The molecule has 3 amide bonds. The van der Waals surface area contributed by atoms with Crippen molar-refractivity contribution in [2.24, 2.45) is 17.8 Å². The van der Waals surface area contributed by atoms with E-state index in [1.807, 2.05) is 43.7 Å². The fraction of sp³-hybridized carbons (Fsp3) is 0.463. The van der Waals surface area contributed by atoms with Crippen LogP contribution < -0.4 is 5.32 Å². The second-order valence-corrected chi connectivity index (χ2v) is 14.9. The van der Waals surface area contributed by atoms with Gasteiger partial charge in [-0.05, 0) is 59.8 Å². The van der Waals surface area contributed by atoms with Crippen molar-refractivity contribution >= 4 is 23.9 Å². The van der Waals surface area contributed by atoms with E-state index >= 15 is 0 Å². The first-order chi connectivity index (χ1) is 26.0. The van der Waals surface area contributed by atoms with Crippen LogP contribution in [-0.2, 0) is 23.9 Å². The number of likely N-dealkylation sites (tertiary alicyclic amines) is 2. The second-order valence-electron chi connectivity index (χ2n) is 14.9. The summed E-state index contributed by atoms with van der Waals surface area (Å²) in [6.07, 6.45) is 6.38. The number of methoxy groups -OCH3 is 2. The van der Waals surface area contributed by atoms with E-state index in [1.54, 1.807) is 6.20 Å². The molecule has 0 bridgehead atoms. The molecule has 2 fully saturated rings. The number of H-pyrrole nitrogens is 2. The molecule has 54 heavy (non-hydrogen) atoms. The molecule has 2 aliphatic rings. The maximum absolute atomic E-state index is 13.6. The van der Waals surface area contributed by atoms with Crippen molar-refractivity contribution in [2.45, 2.75) is 77.9 Å². The highest BCUT2D eigenvalue weighted by atomic mass is 16.5. The van der Waals surface area contributed by atoms with Gasteiger partial charge < -0.3 is 34.6 Å². The van der Waals surface area contributed by atoms with Crippen LogP contribution in [0.5, 0.6) is 0 Å². The molecule has 4 heterocycles. The predicted octanol–water partition coefficient (Wildman–Crippen LogP) is 6.68. The average Bonchev–Trinajstić information content (AvgIpc) is 4.02. The van der Waals surface area contributed by atoms with Gasteiger partial charge in [-0.15, -0.1) is 0 Å². The Bertz CT molecular complexity index is 1790. The first-order valence-electron chi connectivity index (χ1n) is 18.8. The minimum Gasteiger partial charge on any atom is -0.469 e. The Balaban J connectivity index is 1.11. The molecule has 4 aromatic rings. The van der Waals surface area contributed by atoms with Gasteiger partial charge in [0.1, 0.15) is 17.7 Å². The number of benzene rings is 2. The zero-order valence-corrected chi connectivity index (χ0v) is 31.9. The summed E-state index contributed by atoms with van der Waals surface area (Å²) in [5, 5.41) is 2.69. The van der Waals surface area contributed by atoms with E-state index in [0.717, 1.165) is 71.0 Å². The van der Waals surface area contributed by atoms with Crippen LogP contribution in [0.25, 0.3) is 33.6 Å². The molecule has 286 valence electrons. The van der Waals surface area contributed by atoms with Gasteiger partial charge in [-0.3, -0.25) is 14.4 Å². The molecule has 13 nitrogen and oxygen atoms in total. The number of hydrogen-bond acceptors (Lipinski definition) is 8. The third-order valence-corrected chi connectivity index (χ3v) is 10.7. The van der Waals surface area contributed by atoms with E-state index in [1.165, 1.54) is 14.2 Å². The van der Waals surface area contributed by atoms with Gasteiger partial charge in [-0.25, -0.2) is 14.8 Å². The molecule has 4 atom stereocenters. The van der Waals surface area contributed by atoms with Crippen LogP contribution in [0.4, 0.5) is 4.79 Å². The van der Waals surface area contributed by atoms with Crippen molar-refractivity contribution < 1.29 is 28.7 Å². The van der Waals surface area contributed by atoms with Crippen LogP contribution in [0.3, 0.4) is 0 Å². The number of nitrogens with zero attached hydrogens (tertiary/aromatic N) is 4. The molecule has 6 rings (SSSR count). The van der Waals surface area contributed by atoms with Crippen molar-refractivity contribution in [1.29, 1.82) is 0 Å². The zero-order chi connectivity index (χ0) is 38.5. The van der Waals surface area contributed by atoms with E-state index in [9.17, 15) is 19.2 Å². The Morgan fingerprint density at radius 1 is 0.704 bits per heavy atom. The lowest BCUT2D eigenvalue weighted by Gasteiger charge is -2.30. The lowest BCUT2D eigenvalue weighted by Crippen LogP contribution is -2.51. The molecular formula is C41H51N7O6. The third-order valence-electron chi connectivity index (χ3n) is 10.7. The summed E-state index contributed by atoms with van der Waals surface area (Å²) in [6.45, 7) is 8.95. The first kappa shape index (κ1) is 38.3. The molecule has 0 spiro atoms. The Morgan fingerprint density at radius 2 is 1.17 bits per heavy atom. The third kappa shape index (κ3) is 8.19. The van der Waals surface area contributed by atoms with Crippen LogP contribution >= 0.6 is 0 Å². The molecule has 3 N–H and O–H groups in total. The maximum Gasteiger partial charge on any atom is 0.407 e. The van der Waals surface area contributed by atoms with Gasteiger partial charge in [0.05, 0.1) is 62.4 Å². The fourth-order valence-electron chi connectivity index (χ4n) is 7.58. The van der Waals surface area contributed by atoms with Crippen molar-refractivity contribution in [3.63, 3.8) is 0 Å². The molecule has 13 heteroatoms. The minimum atomic E-state index is -0.685. The van der Waals surface area contributed by atoms with E-state index in [0.29, 0.717) is 13.1 Å². The Morgan fingerprint density at radius 3 is 1.59 bits per heavy atom. The second kappa shape index (κ2) is 16.7. The summed E-state index contributed by atoms with van der Waals surface area (Å²) in [4.78, 5) is 71.0. The highest BCUT2D eigenvalue weighted by molar-refractivity contribution is 5.86. The van der Waals surface area contributed by atoms with Gasteiger partial charge in [0.25, 0.3) is 0 Å². The number of carbonyl (C=O) groups excluding carboxylic acids is 4. The van der Waals surface area contributed by atoms with Crippen LogP contribution in [0.1, 0.15) is 83.5 Å². The number of aromatic nitrogens is 4. The first-order valence-corrected chi connectivity index (χ1v) is 18.8. The quantitative estimate of drug-likeness (QED) is 0.136. The van der Waals surface area contributed by atoms with Gasteiger partial charge >= 0.3 is 12.1 Å². The number of esters is 1. The highest BCUT2D eigenvalue weighted by Gasteiger charge is 2.39.